The van der Waals surface area contributed by atoms with Crippen LogP contribution in [0.5, 0.6) is 0 Å². The van der Waals surface area contributed by atoms with Gasteiger partial charge in [0.2, 0.25) is 5.91 Å². The van der Waals surface area contributed by atoms with Crippen LogP contribution in [-0.2, 0) is 20.7 Å². The van der Waals surface area contributed by atoms with E-state index in [0.717, 1.165) is 5.56 Å². The van der Waals surface area contributed by atoms with E-state index >= 15 is 0 Å². The second-order valence-corrected chi connectivity index (χ2v) is 6.24. The van der Waals surface area contributed by atoms with E-state index in [-0.39, 0.29) is 23.7 Å². The van der Waals surface area contributed by atoms with Gasteiger partial charge in [-0.1, -0.05) is 35.5 Å². The second-order valence-electron chi connectivity index (χ2n) is 6.24. The molecular formula is C21H19N3O5. The van der Waals surface area contributed by atoms with Crippen molar-refractivity contribution in [3.05, 3.63) is 77.6 Å². The van der Waals surface area contributed by atoms with E-state index in [0.29, 0.717) is 11.4 Å². The lowest BCUT2D eigenvalue weighted by atomic mass is 10.1. The Balaban J connectivity index is 1.46. The first-order valence-corrected chi connectivity index (χ1v) is 8.84. The van der Waals surface area contributed by atoms with Crippen LogP contribution in [0.3, 0.4) is 0 Å². The van der Waals surface area contributed by atoms with Gasteiger partial charge in [0.1, 0.15) is 5.76 Å². The molecule has 0 aliphatic carbocycles. The standard InChI is InChI=1S/C21H19N3O5/c1-14-11-18(24-29-14)23-20(26)13-28-21(27)16-7-9-17(10-8-16)22-19(25)12-15-5-3-2-4-6-15/h2-11H,12-13H2,1H3,(H,22,25)(H,23,24,26). The van der Waals surface area contributed by atoms with E-state index in [1.54, 1.807) is 25.1 Å². The third kappa shape index (κ3) is 6.03. The summed E-state index contributed by atoms with van der Waals surface area (Å²) in [7, 11) is 0. The Labute approximate surface area is 166 Å². The van der Waals surface area contributed by atoms with Crippen LogP contribution in [0.4, 0.5) is 11.5 Å². The van der Waals surface area contributed by atoms with Crippen LogP contribution < -0.4 is 10.6 Å². The molecule has 0 radical (unpaired) electrons. The summed E-state index contributed by atoms with van der Waals surface area (Å²) in [6, 6.07) is 17.1. The van der Waals surface area contributed by atoms with Gasteiger partial charge < -0.3 is 19.9 Å². The number of ether oxygens (including phenoxy) is 1. The topological polar surface area (TPSA) is 111 Å². The number of esters is 1. The molecule has 2 amide bonds. The first-order chi connectivity index (χ1) is 14.0. The summed E-state index contributed by atoms with van der Waals surface area (Å²) in [5.41, 5.74) is 1.72. The van der Waals surface area contributed by atoms with Crippen molar-refractivity contribution >= 4 is 29.3 Å². The van der Waals surface area contributed by atoms with Crippen molar-refractivity contribution in [1.82, 2.24) is 5.16 Å². The molecule has 0 saturated carbocycles. The maximum Gasteiger partial charge on any atom is 0.338 e. The Kier molecular flexibility index (Phi) is 6.36. The molecule has 0 saturated heterocycles. The number of aromatic nitrogens is 1. The van der Waals surface area contributed by atoms with Gasteiger partial charge in [0.15, 0.2) is 12.4 Å². The number of hydrogen-bond donors (Lipinski definition) is 2. The SMILES string of the molecule is Cc1cc(NC(=O)COC(=O)c2ccc(NC(=O)Cc3ccccc3)cc2)no1. The van der Waals surface area contributed by atoms with Gasteiger partial charge in [-0.15, -0.1) is 0 Å². The van der Waals surface area contributed by atoms with Crippen molar-refractivity contribution in [2.45, 2.75) is 13.3 Å². The number of rotatable bonds is 7. The largest absolute Gasteiger partial charge is 0.452 e. The van der Waals surface area contributed by atoms with Gasteiger partial charge in [0.25, 0.3) is 5.91 Å². The molecule has 0 aliphatic rings. The molecule has 0 aliphatic heterocycles. The molecule has 29 heavy (non-hydrogen) atoms. The highest BCUT2D eigenvalue weighted by Crippen LogP contribution is 2.12. The predicted molar refractivity (Wildman–Crippen MR) is 105 cm³/mol. The zero-order valence-electron chi connectivity index (χ0n) is 15.7. The first kappa shape index (κ1) is 19.8. The second kappa shape index (κ2) is 9.32. The van der Waals surface area contributed by atoms with E-state index in [4.69, 9.17) is 9.26 Å². The Morgan fingerprint density at radius 1 is 0.966 bits per heavy atom. The zero-order valence-corrected chi connectivity index (χ0v) is 15.7. The van der Waals surface area contributed by atoms with Crippen LogP contribution in [-0.4, -0.2) is 29.5 Å². The molecule has 0 unspecified atom stereocenters. The molecule has 8 nitrogen and oxygen atoms in total. The minimum Gasteiger partial charge on any atom is -0.452 e. The maximum absolute atomic E-state index is 12.1. The smallest absolute Gasteiger partial charge is 0.338 e. The van der Waals surface area contributed by atoms with Crippen LogP contribution in [0.15, 0.2) is 65.2 Å². The van der Waals surface area contributed by atoms with Gasteiger partial charge in [-0.05, 0) is 36.8 Å². The Morgan fingerprint density at radius 2 is 1.69 bits per heavy atom. The van der Waals surface area contributed by atoms with Gasteiger partial charge in [-0.3, -0.25) is 9.59 Å². The van der Waals surface area contributed by atoms with Crippen molar-refractivity contribution in [2.75, 3.05) is 17.2 Å². The average Bonchev–Trinajstić information content (AvgIpc) is 3.12. The van der Waals surface area contributed by atoms with Crippen LogP contribution in [0.2, 0.25) is 0 Å². The molecule has 3 rings (SSSR count). The number of anilines is 2. The number of nitrogens with zero attached hydrogens (tertiary/aromatic N) is 1. The maximum atomic E-state index is 12.1. The normalized spacial score (nSPS) is 10.2. The van der Waals surface area contributed by atoms with Gasteiger partial charge >= 0.3 is 5.97 Å². The third-order valence-electron chi connectivity index (χ3n) is 3.84. The number of amides is 2. The summed E-state index contributed by atoms with van der Waals surface area (Å²) in [5.74, 6) is -0.547. The van der Waals surface area contributed by atoms with E-state index in [1.165, 1.54) is 12.1 Å². The van der Waals surface area contributed by atoms with Crippen molar-refractivity contribution in [3.63, 3.8) is 0 Å². The number of carbonyl (C=O) groups excluding carboxylic acids is 3. The van der Waals surface area contributed by atoms with E-state index < -0.39 is 18.5 Å². The molecule has 1 heterocycles. The predicted octanol–water partition coefficient (Wildman–Crippen LogP) is 2.96. The molecule has 0 spiro atoms. The summed E-state index contributed by atoms with van der Waals surface area (Å²) in [6.07, 6.45) is 0.255. The quantitative estimate of drug-likeness (QED) is 0.597. The lowest BCUT2D eigenvalue weighted by Gasteiger charge is -2.07. The number of carbonyl (C=O) groups is 3. The number of nitrogens with one attached hydrogen (secondary N) is 2. The molecule has 2 aromatic carbocycles. The molecule has 148 valence electrons. The summed E-state index contributed by atoms with van der Waals surface area (Å²) >= 11 is 0. The van der Waals surface area contributed by atoms with E-state index in [9.17, 15) is 14.4 Å². The molecule has 0 bridgehead atoms. The van der Waals surface area contributed by atoms with E-state index in [1.807, 2.05) is 30.3 Å². The number of aryl methyl sites for hydroxylation is 1. The Morgan fingerprint density at radius 3 is 2.34 bits per heavy atom. The molecular weight excluding hydrogens is 374 g/mol. The van der Waals surface area contributed by atoms with Gasteiger partial charge in [-0.2, -0.15) is 0 Å². The highest BCUT2D eigenvalue weighted by molar-refractivity contribution is 5.96. The summed E-state index contributed by atoms with van der Waals surface area (Å²) in [4.78, 5) is 35.9. The molecule has 1 aromatic heterocycles. The summed E-state index contributed by atoms with van der Waals surface area (Å²) in [6.45, 7) is 1.23. The van der Waals surface area contributed by atoms with Crippen molar-refractivity contribution in [2.24, 2.45) is 0 Å². The highest BCUT2D eigenvalue weighted by atomic mass is 16.5. The van der Waals surface area contributed by atoms with Gasteiger partial charge in [-0.25, -0.2) is 4.79 Å². The minimum absolute atomic E-state index is 0.161. The fraction of sp³-hybridized carbons (Fsp3) is 0.143. The Bertz CT molecular complexity index is 997. The van der Waals surface area contributed by atoms with Gasteiger partial charge in [0.05, 0.1) is 12.0 Å². The number of benzene rings is 2. The molecule has 3 aromatic rings. The number of hydrogen-bond acceptors (Lipinski definition) is 6. The summed E-state index contributed by atoms with van der Waals surface area (Å²) < 4.78 is 9.80. The monoisotopic (exact) mass is 393 g/mol. The lowest BCUT2D eigenvalue weighted by molar-refractivity contribution is -0.119. The van der Waals surface area contributed by atoms with Crippen LogP contribution in [0.25, 0.3) is 0 Å². The van der Waals surface area contributed by atoms with Crippen molar-refractivity contribution in [3.8, 4) is 0 Å². The lowest BCUT2D eigenvalue weighted by Crippen LogP contribution is -2.21. The zero-order chi connectivity index (χ0) is 20.6. The van der Waals surface area contributed by atoms with Crippen LogP contribution in [0.1, 0.15) is 21.7 Å². The summed E-state index contributed by atoms with van der Waals surface area (Å²) in [5, 5.41) is 8.84. The fourth-order valence-electron chi connectivity index (χ4n) is 2.49. The first-order valence-electron chi connectivity index (χ1n) is 8.84. The minimum atomic E-state index is -0.654. The molecule has 8 heteroatoms. The van der Waals surface area contributed by atoms with Crippen molar-refractivity contribution in [1.29, 1.82) is 0 Å². The highest BCUT2D eigenvalue weighted by Gasteiger charge is 2.12. The van der Waals surface area contributed by atoms with Crippen molar-refractivity contribution < 1.29 is 23.6 Å². The third-order valence-corrected chi connectivity index (χ3v) is 3.84. The van der Waals surface area contributed by atoms with Crippen LogP contribution >= 0.6 is 0 Å². The Hall–Kier alpha value is -3.94. The fourth-order valence-corrected chi connectivity index (χ4v) is 2.49. The van der Waals surface area contributed by atoms with E-state index in [2.05, 4.69) is 15.8 Å². The molecule has 0 atom stereocenters. The molecule has 2 N–H and O–H groups in total. The van der Waals surface area contributed by atoms with Gasteiger partial charge in [0, 0.05) is 11.8 Å². The molecule has 0 fully saturated rings. The average molecular weight is 393 g/mol. The van der Waals surface area contributed by atoms with Crippen LogP contribution in [0, 0.1) is 6.92 Å².